The van der Waals surface area contributed by atoms with Gasteiger partial charge in [0.2, 0.25) is 6.79 Å². The predicted molar refractivity (Wildman–Crippen MR) is 127 cm³/mol. The molecule has 0 atom stereocenters. The lowest BCUT2D eigenvalue weighted by molar-refractivity contribution is 0.174. The molecule has 2 N–H and O–H groups in total. The summed E-state index contributed by atoms with van der Waals surface area (Å²) in [5.41, 5.74) is 3.54. The van der Waals surface area contributed by atoms with Crippen molar-refractivity contribution in [1.29, 1.82) is 0 Å². The topological polar surface area (TPSA) is 66.6 Å². The van der Waals surface area contributed by atoms with E-state index in [9.17, 15) is 4.79 Å². The normalized spacial score (nSPS) is 12.4. The van der Waals surface area contributed by atoms with Gasteiger partial charge in [-0.05, 0) is 59.8 Å². The van der Waals surface area contributed by atoms with E-state index in [-0.39, 0.29) is 12.4 Å². The molecule has 1 aliphatic rings. The van der Waals surface area contributed by atoms with Gasteiger partial charge in [-0.2, -0.15) is 0 Å². The van der Waals surface area contributed by atoms with E-state index < -0.39 is 0 Å². The van der Waals surface area contributed by atoms with Crippen LogP contribution in [0.4, 0.5) is 0 Å². The second-order valence-electron chi connectivity index (χ2n) is 8.29. The molecule has 4 rings (SSSR count). The molecule has 0 bridgehead atoms. The fourth-order valence-electron chi connectivity index (χ4n) is 3.61. The molecule has 0 amide bonds. The maximum atomic E-state index is 12.8. The van der Waals surface area contributed by atoms with Gasteiger partial charge in [-0.15, -0.1) is 0 Å². The van der Waals surface area contributed by atoms with Gasteiger partial charge >= 0.3 is 0 Å². The summed E-state index contributed by atoms with van der Waals surface area (Å²) >= 11 is 5.70. The van der Waals surface area contributed by atoms with E-state index in [1.165, 1.54) is 0 Å². The molecule has 0 fully saturated rings. The third-order valence-corrected chi connectivity index (χ3v) is 5.69. The number of thiocarbonyl (C=S) groups is 1. The van der Waals surface area contributed by atoms with Crippen LogP contribution >= 0.6 is 12.2 Å². The first-order valence-corrected chi connectivity index (χ1v) is 10.8. The van der Waals surface area contributed by atoms with Crippen molar-refractivity contribution in [3.05, 3.63) is 69.5 Å². The van der Waals surface area contributed by atoms with Gasteiger partial charge in [-0.1, -0.05) is 38.1 Å². The molecule has 0 radical (unpaired) electrons. The number of benzene rings is 2. The Morgan fingerprint density at radius 2 is 1.97 bits per heavy atom. The Hall–Kier alpha value is -3.06. The lowest BCUT2D eigenvalue weighted by atomic mass is 10.1. The zero-order valence-corrected chi connectivity index (χ0v) is 18.8. The van der Waals surface area contributed by atoms with Crippen LogP contribution in [0.1, 0.15) is 30.5 Å². The van der Waals surface area contributed by atoms with Crippen molar-refractivity contribution in [3.8, 4) is 11.5 Å². The van der Waals surface area contributed by atoms with Crippen LogP contribution in [0.2, 0.25) is 0 Å². The molecule has 6 nitrogen and oxygen atoms in total. The molecule has 0 saturated heterocycles. The molecule has 0 aliphatic carbocycles. The zero-order valence-electron chi connectivity index (χ0n) is 18.0. The van der Waals surface area contributed by atoms with Gasteiger partial charge in [-0.3, -0.25) is 4.79 Å². The van der Waals surface area contributed by atoms with Crippen molar-refractivity contribution >= 4 is 28.2 Å². The Morgan fingerprint density at radius 3 is 2.77 bits per heavy atom. The third kappa shape index (κ3) is 4.82. The number of hydrogen-bond donors (Lipinski definition) is 2. The molecule has 3 aromatic rings. The second kappa shape index (κ2) is 8.98. The quantitative estimate of drug-likeness (QED) is 0.566. The van der Waals surface area contributed by atoms with Crippen molar-refractivity contribution < 1.29 is 9.47 Å². The number of hydrogen-bond acceptors (Lipinski definition) is 4. The Bertz CT molecular complexity index is 1170. The molecule has 31 heavy (non-hydrogen) atoms. The van der Waals surface area contributed by atoms with Gasteiger partial charge in [0.1, 0.15) is 0 Å². The third-order valence-electron chi connectivity index (χ3n) is 5.29. The minimum absolute atomic E-state index is 0.0934. The lowest BCUT2D eigenvalue weighted by Gasteiger charge is -2.26. The van der Waals surface area contributed by atoms with Crippen molar-refractivity contribution in [2.24, 2.45) is 5.92 Å². The first kappa shape index (κ1) is 21.2. The van der Waals surface area contributed by atoms with E-state index in [0.717, 1.165) is 40.1 Å². The molecule has 0 saturated carbocycles. The first-order valence-electron chi connectivity index (χ1n) is 10.4. The molecule has 0 unspecified atom stereocenters. The Kier molecular flexibility index (Phi) is 6.13. The van der Waals surface area contributed by atoms with Crippen LogP contribution in [-0.2, 0) is 13.1 Å². The van der Waals surface area contributed by atoms with Gasteiger partial charge in [0.25, 0.3) is 5.56 Å². The van der Waals surface area contributed by atoms with Crippen LogP contribution in [-0.4, -0.2) is 28.3 Å². The van der Waals surface area contributed by atoms with Gasteiger partial charge in [0.15, 0.2) is 16.6 Å². The highest BCUT2D eigenvalue weighted by Gasteiger charge is 2.18. The summed E-state index contributed by atoms with van der Waals surface area (Å²) in [5, 5.41) is 4.96. The summed E-state index contributed by atoms with van der Waals surface area (Å²) in [6.45, 7) is 8.22. The number of aryl methyl sites for hydroxylation is 1. The highest BCUT2D eigenvalue weighted by Crippen LogP contribution is 2.33. The SMILES string of the molecule is Cc1cccc2cc(CN(Cc3ccc4c(c3)OCO4)C(=S)NCC(C)C)c(=O)[nH]c12. The molecule has 2 heterocycles. The number of nitrogens with zero attached hydrogens (tertiary/aromatic N) is 1. The summed E-state index contributed by atoms with van der Waals surface area (Å²) in [5.74, 6) is 1.94. The average molecular weight is 438 g/mol. The molecule has 2 aromatic carbocycles. The molecule has 0 spiro atoms. The van der Waals surface area contributed by atoms with Crippen LogP contribution in [0.25, 0.3) is 10.9 Å². The van der Waals surface area contributed by atoms with Gasteiger partial charge in [0.05, 0.1) is 12.1 Å². The first-order chi connectivity index (χ1) is 14.9. The standard InChI is InChI=1S/C24H27N3O3S/c1-15(2)11-25-24(31)27(12-17-7-8-20-21(9-17)30-14-29-20)13-19-10-18-6-4-5-16(3)22(18)26-23(19)28/h4-10,15H,11-14H2,1-3H3,(H,25,31)(H,26,28). The minimum Gasteiger partial charge on any atom is -0.454 e. The van der Waals surface area contributed by atoms with Gasteiger partial charge in [0, 0.05) is 18.7 Å². The minimum atomic E-state index is -0.0934. The molecular formula is C24H27N3O3S. The monoisotopic (exact) mass is 437 g/mol. The molecule has 162 valence electrons. The van der Waals surface area contributed by atoms with Gasteiger partial charge in [-0.25, -0.2) is 0 Å². The van der Waals surface area contributed by atoms with E-state index >= 15 is 0 Å². The van der Waals surface area contributed by atoms with Crippen molar-refractivity contribution in [2.75, 3.05) is 13.3 Å². The van der Waals surface area contributed by atoms with Crippen LogP contribution < -0.4 is 20.3 Å². The number of H-pyrrole nitrogens is 1. The Morgan fingerprint density at radius 1 is 1.16 bits per heavy atom. The van der Waals surface area contributed by atoms with E-state index in [1.54, 1.807) is 0 Å². The van der Waals surface area contributed by atoms with Crippen molar-refractivity contribution in [2.45, 2.75) is 33.9 Å². The highest BCUT2D eigenvalue weighted by molar-refractivity contribution is 7.80. The van der Waals surface area contributed by atoms with E-state index in [1.807, 2.05) is 54.3 Å². The Balaban J connectivity index is 1.62. The fourth-order valence-corrected chi connectivity index (χ4v) is 3.83. The van der Waals surface area contributed by atoms with Crippen molar-refractivity contribution in [3.63, 3.8) is 0 Å². The smallest absolute Gasteiger partial charge is 0.253 e. The molecule has 1 aliphatic heterocycles. The summed E-state index contributed by atoms with van der Waals surface area (Å²) in [4.78, 5) is 17.9. The molecular weight excluding hydrogens is 410 g/mol. The zero-order chi connectivity index (χ0) is 22.0. The number of nitrogens with one attached hydrogen (secondary N) is 2. The number of rotatable bonds is 6. The number of para-hydroxylation sites is 1. The number of fused-ring (bicyclic) bond motifs is 2. The summed E-state index contributed by atoms with van der Waals surface area (Å²) in [6.07, 6.45) is 0. The second-order valence-corrected chi connectivity index (χ2v) is 8.67. The maximum absolute atomic E-state index is 12.8. The molecule has 1 aromatic heterocycles. The number of aromatic nitrogens is 1. The van der Waals surface area contributed by atoms with Crippen LogP contribution in [0.5, 0.6) is 11.5 Å². The van der Waals surface area contributed by atoms with Crippen LogP contribution in [0, 0.1) is 12.8 Å². The number of pyridine rings is 1. The van der Waals surface area contributed by atoms with Crippen molar-refractivity contribution in [1.82, 2.24) is 15.2 Å². The summed E-state index contributed by atoms with van der Waals surface area (Å²) in [6, 6.07) is 13.8. The maximum Gasteiger partial charge on any atom is 0.253 e. The van der Waals surface area contributed by atoms with E-state index in [0.29, 0.717) is 29.7 Å². The summed E-state index contributed by atoms with van der Waals surface area (Å²) in [7, 11) is 0. The lowest BCUT2D eigenvalue weighted by Crippen LogP contribution is -2.41. The largest absolute Gasteiger partial charge is 0.454 e. The van der Waals surface area contributed by atoms with E-state index in [4.69, 9.17) is 21.7 Å². The summed E-state index contributed by atoms with van der Waals surface area (Å²) < 4.78 is 10.9. The van der Waals surface area contributed by atoms with Crippen LogP contribution in [0.15, 0.2) is 47.3 Å². The van der Waals surface area contributed by atoms with Crippen LogP contribution in [0.3, 0.4) is 0 Å². The highest BCUT2D eigenvalue weighted by atomic mass is 32.1. The van der Waals surface area contributed by atoms with Gasteiger partial charge < -0.3 is 24.7 Å². The Labute approximate surface area is 187 Å². The molecule has 7 heteroatoms. The van der Waals surface area contributed by atoms with E-state index in [2.05, 4.69) is 24.1 Å². The fraction of sp³-hybridized carbons (Fsp3) is 0.333. The average Bonchev–Trinajstić information content (AvgIpc) is 3.20. The number of aromatic amines is 1. The number of ether oxygens (including phenoxy) is 2. The predicted octanol–water partition coefficient (Wildman–Crippen LogP) is 4.10.